The van der Waals surface area contributed by atoms with E-state index in [1.54, 1.807) is 18.2 Å². The summed E-state index contributed by atoms with van der Waals surface area (Å²) in [6.07, 6.45) is 3.88. The van der Waals surface area contributed by atoms with Crippen molar-refractivity contribution in [2.75, 3.05) is 5.32 Å². The second kappa shape index (κ2) is 6.29. The highest BCUT2D eigenvalue weighted by Gasteiger charge is 2.28. The number of nitrogens with one attached hydrogen (secondary N) is 2. The highest BCUT2D eigenvalue weighted by atomic mass is 32.2. The van der Waals surface area contributed by atoms with Gasteiger partial charge in [-0.1, -0.05) is 42.1 Å². The molecule has 2 aromatic carbocycles. The number of thioether (sulfide) groups is 1. The van der Waals surface area contributed by atoms with E-state index in [4.69, 9.17) is 0 Å². The zero-order valence-electron chi connectivity index (χ0n) is 13.5. The number of amides is 1. The van der Waals surface area contributed by atoms with Crippen molar-refractivity contribution in [1.29, 1.82) is 0 Å². The molecule has 1 amide bonds. The van der Waals surface area contributed by atoms with E-state index in [1.807, 2.05) is 48.2 Å². The Kier molecular flexibility index (Phi) is 3.97. The van der Waals surface area contributed by atoms with Crippen LogP contribution in [0.1, 0.15) is 5.56 Å². The van der Waals surface area contributed by atoms with Gasteiger partial charge in [0, 0.05) is 29.7 Å². The summed E-state index contributed by atoms with van der Waals surface area (Å²) in [7, 11) is 1.98. The van der Waals surface area contributed by atoms with Crippen LogP contribution in [0.5, 0.6) is 0 Å². The topological polar surface area (TPSA) is 46.1 Å². The maximum absolute atomic E-state index is 13.8. The summed E-state index contributed by atoms with van der Waals surface area (Å²) in [6.45, 7) is 0. The second-order valence-corrected chi connectivity index (χ2v) is 6.96. The fraction of sp³-hybridized carbons (Fsp3) is 0.105. The minimum Gasteiger partial charge on any atom is -0.354 e. The van der Waals surface area contributed by atoms with E-state index in [9.17, 15) is 9.18 Å². The summed E-state index contributed by atoms with van der Waals surface area (Å²) in [5.41, 5.74) is 2.07. The summed E-state index contributed by atoms with van der Waals surface area (Å²) in [6, 6.07) is 14.5. The molecule has 1 aromatic heterocycles. The molecule has 6 heteroatoms. The van der Waals surface area contributed by atoms with Crippen molar-refractivity contribution in [1.82, 2.24) is 9.88 Å². The lowest BCUT2D eigenvalue weighted by atomic mass is 10.1. The molecule has 1 unspecified atom stereocenters. The van der Waals surface area contributed by atoms with Crippen molar-refractivity contribution in [2.24, 2.45) is 7.05 Å². The quantitative estimate of drug-likeness (QED) is 0.702. The highest BCUT2D eigenvalue weighted by Crippen LogP contribution is 2.32. The van der Waals surface area contributed by atoms with Gasteiger partial charge in [-0.2, -0.15) is 0 Å². The molecule has 1 aliphatic heterocycles. The molecule has 2 heterocycles. The monoisotopic (exact) mass is 353 g/mol. The Morgan fingerprint density at radius 1 is 1.20 bits per heavy atom. The van der Waals surface area contributed by atoms with Crippen LogP contribution in [-0.4, -0.2) is 16.0 Å². The maximum atomic E-state index is 13.8. The number of carbonyl (C=O) groups excluding carboxylic acids is 1. The average molecular weight is 353 g/mol. The van der Waals surface area contributed by atoms with Gasteiger partial charge in [-0.05, 0) is 24.3 Å². The van der Waals surface area contributed by atoms with Crippen LogP contribution >= 0.6 is 11.8 Å². The van der Waals surface area contributed by atoms with Crippen LogP contribution in [0.15, 0.2) is 59.6 Å². The fourth-order valence-corrected chi connectivity index (χ4v) is 3.88. The number of anilines is 1. The first-order valence-corrected chi connectivity index (χ1v) is 8.74. The molecule has 4 nitrogen and oxygen atoms in total. The molecule has 0 radical (unpaired) electrons. The lowest BCUT2D eigenvalue weighted by Crippen LogP contribution is -2.31. The van der Waals surface area contributed by atoms with Gasteiger partial charge in [-0.15, -0.1) is 0 Å². The van der Waals surface area contributed by atoms with Crippen molar-refractivity contribution >= 4 is 40.3 Å². The third-order valence-electron chi connectivity index (χ3n) is 4.11. The number of aryl methyl sites for hydroxylation is 1. The molecule has 25 heavy (non-hydrogen) atoms. The molecule has 2 N–H and O–H groups in total. The number of rotatable bonds is 3. The van der Waals surface area contributed by atoms with E-state index in [1.165, 1.54) is 17.8 Å². The number of hydrogen-bond donors (Lipinski definition) is 2. The summed E-state index contributed by atoms with van der Waals surface area (Å²) in [5, 5.41) is 6.93. The normalized spacial score (nSPS) is 18.7. The average Bonchev–Trinajstić information content (AvgIpc) is 3.11. The Hall–Kier alpha value is -2.73. The Balaban J connectivity index is 1.60. The van der Waals surface area contributed by atoms with E-state index in [-0.39, 0.29) is 11.7 Å². The minimum atomic E-state index is -0.398. The largest absolute Gasteiger partial charge is 0.354 e. The molecule has 126 valence electrons. The second-order valence-electron chi connectivity index (χ2n) is 5.82. The summed E-state index contributed by atoms with van der Waals surface area (Å²) in [5.74, 6) is -0.504. The van der Waals surface area contributed by atoms with Gasteiger partial charge >= 0.3 is 0 Å². The minimum absolute atomic E-state index is 0.160. The molecular weight excluding hydrogens is 337 g/mol. The number of hydrogen-bond acceptors (Lipinski definition) is 3. The van der Waals surface area contributed by atoms with Crippen molar-refractivity contribution in [3.05, 3.63) is 71.0 Å². The molecule has 1 fully saturated rings. The molecular formula is C19H16FN3OS. The van der Waals surface area contributed by atoms with E-state index < -0.39 is 5.50 Å². The standard InChI is InChI=1S/C19H16FN3OS/c1-23-11-12(13-6-2-5-9-16(13)23)10-17-18(24)22-19(25-17)21-15-8-4-3-7-14(15)20/h2-11,19,21H,1H3,(H,22,24)/b17-10-. The Labute approximate surface area is 148 Å². The van der Waals surface area contributed by atoms with Crippen molar-refractivity contribution in [2.45, 2.75) is 5.50 Å². The Morgan fingerprint density at radius 3 is 2.80 bits per heavy atom. The van der Waals surface area contributed by atoms with Crippen LogP contribution in [0.4, 0.5) is 10.1 Å². The smallest absolute Gasteiger partial charge is 0.260 e. The molecule has 1 atom stereocenters. The van der Waals surface area contributed by atoms with Crippen LogP contribution < -0.4 is 10.6 Å². The number of para-hydroxylation sites is 2. The van der Waals surface area contributed by atoms with E-state index >= 15 is 0 Å². The van der Waals surface area contributed by atoms with Crippen LogP contribution in [0, 0.1) is 5.82 Å². The summed E-state index contributed by atoms with van der Waals surface area (Å²) in [4.78, 5) is 12.9. The molecule has 3 aromatic rings. The number of halogens is 1. The lowest BCUT2D eigenvalue weighted by molar-refractivity contribution is -0.116. The number of aromatic nitrogens is 1. The van der Waals surface area contributed by atoms with E-state index in [0.29, 0.717) is 10.6 Å². The predicted molar refractivity (Wildman–Crippen MR) is 100 cm³/mol. The molecule has 0 spiro atoms. The predicted octanol–water partition coefficient (Wildman–Crippen LogP) is 3.92. The number of fused-ring (bicyclic) bond motifs is 1. The molecule has 0 bridgehead atoms. The van der Waals surface area contributed by atoms with Crippen molar-refractivity contribution in [3.63, 3.8) is 0 Å². The fourth-order valence-electron chi connectivity index (χ4n) is 2.91. The van der Waals surface area contributed by atoms with Crippen LogP contribution in [0.25, 0.3) is 17.0 Å². The first kappa shape index (κ1) is 15.8. The molecule has 1 aliphatic rings. The van der Waals surface area contributed by atoms with Gasteiger partial charge in [0.2, 0.25) is 0 Å². The maximum Gasteiger partial charge on any atom is 0.260 e. The highest BCUT2D eigenvalue weighted by molar-refractivity contribution is 8.05. The van der Waals surface area contributed by atoms with Crippen LogP contribution in [0.3, 0.4) is 0 Å². The molecule has 0 saturated carbocycles. The van der Waals surface area contributed by atoms with Gasteiger partial charge in [-0.3, -0.25) is 4.79 Å². The van der Waals surface area contributed by atoms with Gasteiger partial charge in [0.05, 0.1) is 10.6 Å². The lowest BCUT2D eigenvalue weighted by Gasteiger charge is -2.12. The number of benzene rings is 2. The Morgan fingerprint density at radius 2 is 1.96 bits per heavy atom. The molecule has 4 rings (SSSR count). The van der Waals surface area contributed by atoms with Gasteiger partial charge in [0.1, 0.15) is 5.82 Å². The van der Waals surface area contributed by atoms with Gasteiger partial charge in [0.25, 0.3) is 5.91 Å². The van der Waals surface area contributed by atoms with E-state index in [2.05, 4.69) is 10.6 Å². The van der Waals surface area contributed by atoms with Gasteiger partial charge in [0.15, 0.2) is 5.50 Å². The zero-order valence-corrected chi connectivity index (χ0v) is 14.3. The van der Waals surface area contributed by atoms with Crippen LogP contribution in [-0.2, 0) is 11.8 Å². The van der Waals surface area contributed by atoms with Gasteiger partial charge in [-0.25, -0.2) is 4.39 Å². The number of carbonyl (C=O) groups is 1. The third-order valence-corrected chi connectivity index (χ3v) is 5.13. The van der Waals surface area contributed by atoms with Crippen molar-refractivity contribution in [3.8, 4) is 0 Å². The van der Waals surface area contributed by atoms with Gasteiger partial charge < -0.3 is 15.2 Å². The first-order valence-electron chi connectivity index (χ1n) is 7.86. The third kappa shape index (κ3) is 3.00. The van der Waals surface area contributed by atoms with Crippen LogP contribution in [0.2, 0.25) is 0 Å². The molecule has 1 saturated heterocycles. The van der Waals surface area contributed by atoms with E-state index in [0.717, 1.165) is 16.5 Å². The Bertz CT molecular complexity index is 995. The summed E-state index contributed by atoms with van der Waals surface area (Å²) < 4.78 is 15.8. The van der Waals surface area contributed by atoms with Crippen molar-refractivity contribution < 1.29 is 9.18 Å². The number of nitrogens with zero attached hydrogens (tertiary/aromatic N) is 1. The molecule has 0 aliphatic carbocycles. The zero-order chi connectivity index (χ0) is 17.4. The summed E-state index contributed by atoms with van der Waals surface area (Å²) >= 11 is 1.35. The first-order chi connectivity index (χ1) is 12.1. The SMILES string of the molecule is Cn1cc(/C=C2\SC(Nc3ccccc3F)NC2=O)c2ccccc21.